The van der Waals surface area contributed by atoms with Crippen LogP contribution in [0.4, 0.5) is 0 Å². The van der Waals surface area contributed by atoms with E-state index in [0.29, 0.717) is 12.5 Å². The van der Waals surface area contributed by atoms with E-state index in [9.17, 15) is 0 Å². The summed E-state index contributed by atoms with van der Waals surface area (Å²) in [5.41, 5.74) is 2.32. The van der Waals surface area contributed by atoms with Gasteiger partial charge in [-0.05, 0) is 17.7 Å². The average molecular weight is 242 g/mol. The molecule has 2 rings (SSSR count). The molecule has 94 valence electrons. The van der Waals surface area contributed by atoms with Gasteiger partial charge < -0.3 is 10.1 Å². The van der Waals surface area contributed by atoms with Crippen LogP contribution in [0.25, 0.3) is 0 Å². The van der Waals surface area contributed by atoms with Gasteiger partial charge in [0.15, 0.2) is 0 Å². The fourth-order valence-electron chi connectivity index (χ4n) is 1.60. The second-order valence-electron chi connectivity index (χ2n) is 4.06. The molecule has 1 aromatic heterocycles. The SMILES string of the molecule is CCNCc1ccc(OCc2ccccc2)nc1. The zero-order valence-electron chi connectivity index (χ0n) is 10.6. The highest BCUT2D eigenvalue weighted by Gasteiger charge is 1.97. The first-order chi connectivity index (χ1) is 8.88. The normalized spacial score (nSPS) is 10.3. The number of hydrogen-bond donors (Lipinski definition) is 1. The van der Waals surface area contributed by atoms with Gasteiger partial charge in [0.2, 0.25) is 5.88 Å². The van der Waals surface area contributed by atoms with E-state index in [1.807, 2.05) is 48.7 Å². The van der Waals surface area contributed by atoms with Crippen molar-refractivity contribution < 1.29 is 4.74 Å². The summed E-state index contributed by atoms with van der Waals surface area (Å²) < 4.78 is 5.62. The predicted octanol–water partition coefficient (Wildman–Crippen LogP) is 2.77. The minimum Gasteiger partial charge on any atom is -0.473 e. The molecule has 0 radical (unpaired) electrons. The fraction of sp³-hybridized carbons (Fsp3) is 0.267. The van der Waals surface area contributed by atoms with E-state index < -0.39 is 0 Å². The van der Waals surface area contributed by atoms with E-state index in [0.717, 1.165) is 18.7 Å². The molecule has 3 heteroatoms. The van der Waals surface area contributed by atoms with Crippen LogP contribution in [-0.4, -0.2) is 11.5 Å². The van der Waals surface area contributed by atoms with E-state index in [1.165, 1.54) is 5.56 Å². The molecule has 0 amide bonds. The molecule has 0 aliphatic heterocycles. The van der Waals surface area contributed by atoms with Crippen molar-refractivity contribution in [2.24, 2.45) is 0 Å². The first-order valence-corrected chi connectivity index (χ1v) is 6.21. The number of hydrogen-bond acceptors (Lipinski definition) is 3. The number of pyridine rings is 1. The van der Waals surface area contributed by atoms with Crippen molar-refractivity contribution in [2.75, 3.05) is 6.54 Å². The molecule has 0 saturated heterocycles. The third kappa shape index (κ3) is 3.86. The molecule has 1 aromatic carbocycles. The van der Waals surface area contributed by atoms with Crippen LogP contribution in [0.5, 0.6) is 5.88 Å². The second-order valence-corrected chi connectivity index (χ2v) is 4.06. The van der Waals surface area contributed by atoms with E-state index >= 15 is 0 Å². The van der Waals surface area contributed by atoms with Crippen molar-refractivity contribution in [3.8, 4) is 5.88 Å². The molecule has 0 aliphatic carbocycles. The zero-order valence-corrected chi connectivity index (χ0v) is 10.6. The maximum Gasteiger partial charge on any atom is 0.213 e. The summed E-state index contributed by atoms with van der Waals surface area (Å²) in [4.78, 5) is 4.28. The molecular weight excluding hydrogens is 224 g/mol. The largest absolute Gasteiger partial charge is 0.473 e. The molecule has 18 heavy (non-hydrogen) atoms. The summed E-state index contributed by atoms with van der Waals surface area (Å²) in [6, 6.07) is 14.0. The van der Waals surface area contributed by atoms with Gasteiger partial charge >= 0.3 is 0 Å². The van der Waals surface area contributed by atoms with E-state index in [4.69, 9.17) is 4.74 Å². The Kier molecular flexibility index (Phi) is 4.73. The lowest BCUT2D eigenvalue weighted by molar-refractivity contribution is 0.293. The van der Waals surface area contributed by atoms with Crippen molar-refractivity contribution in [3.63, 3.8) is 0 Å². The Labute approximate surface area is 108 Å². The molecule has 0 fully saturated rings. The maximum atomic E-state index is 5.62. The van der Waals surface area contributed by atoms with Gasteiger partial charge in [0.05, 0.1) is 0 Å². The van der Waals surface area contributed by atoms with Crippen LogP contribution in [0.2, 0.25) is 0 Å². The Morgan fingerprint density at radius 1 is 1.06 bits per heavy atom. The Balaban J connectivity index is 1.86. The topological polar surface area (TPSA) is 34.1 Å². The number of benzene rings is 1. The Bertz CT molecular complexity index is 454. The summed E-state index contributed by atoms with van der Waals surface area (Å²) in [6.07, 6.45) is 1.85. The number of nitrogens with zero attached hydrogens (tertiary/aromatic N) is 1. The molecule has 0 spiro atoms. The van der Waals surface area contributed by atoms with Crippen molar-refractivity contribution >= 4 is 0 Å². The van der Waals surface area contributed by atoms with E-state index in [-0.39, 0.29) is 0 Å². The van der Waals surface area contributed by atoms with Crippen LogP contribution in [0.3, 0.4) is 0 Å². The van der Waals surface area contributed by atoms with Crippen LogP contribution in [0.15, 0.2) is 48.7 Å². The average Bonchev–Trinajstić information content (AvgIpc) is 2.45. The van der Waals surface area contributed by atoms with Crippen LogP contribution in [-0.2, 0) is 13.2 Å². The van der Waals surface area contributed by atoms with Gasteiger partial charge in [-0.1, -0.05) is 43.3 Å². The monoisotopic (exact) mass is 242 g/mol. The summed E-state index contributed by atoms with van der Waals surface area (Å²) in [5.74, 6) is 0.666. The van der Waals surface area contributed by atoms with Gasteiger partial charge in [0, 0.05) is 18.8 Å². The molecule has 0 saturated carbocycles. The van der Waals surface area contributed by atoms with Crippen LogP contribution < -0.4 is 10.1 Å². The fourth-order valence-corrected chi connectivity index (χ4v) is 1.60. The zero-order chi connectivity index (χ0) is 12.6. The first-order valence-electron chi connectivity index (χ1n) is 6.21. The van der Waals surface area contributed by atoms with E-state index in [2.05, 4.69) is 17.2 Å². The second kappa shape index (κ2) is 6.77. The highest BCUT2D eigenvalue weighted by molar-refractivity contribution is 5.19. The highest BCUT2D eigenvalue weighted by Crippen LogP contribution is 2.10. The lowest BCUT2D eigenvalue weighted by Gasteiger charge is -2.06. The standard InChI is InChI=1S/C15H18N2O/c1-2-16-10-14-8-9-15(17-11-14)18-12-13-6-4-3-5-7-13/h3-9,11,16H,2,10,12H2,1H3. The van der Waals surface area contributed by atoms with E-state index in [1.54, 1.807) is 0 Å². The predicted molar refractivity (Wildman–Crippen MR) is 72.4 cm³/mol. The molecule has 0 atom stereocenters. The van der Waals surface area contributed by atoms with Gasteiger partial charge in [-0.2, -0.15) is 0 Å². The van der Waals surface area contributed by atoms with Crippen molar-refractivity contribution in [1.29, 1.82) is 0 Å². The first kappa shape index (κ1) is 12.6. The molecule has 1 N–H and O–H groups in total. The summed E-state index contributed by atoms with van der Waals surface area (Å²) in [5, 5.41) is 3.26. The quantitative estimate of drug-likeness (QED) is 0.845. The van der Waals surface area contributed by atoms with Gasteiger partial charge in [-0.25, -0.2) is 4.98 Å². The minimum absolute atomic E-state index is 0.556. The third-order valence-corrected chi connectivity index (χ3v) is 2.61. The Morgan fingerprint density at radius 3 is 2.56 bits per heavy atom. The Hall–Kier alpha value is -1.87. The van der Waals surface area contributed by atoms with Gasteiger partial charge in [0.25, 0.3) is 0 Å². The van der Waals surface area contributed by atoms with Crippen molar-refractivity contribution in [2.45, 2.75) is 20.1 Å². The molecule has 0 unspecified atom stereocenters. The molecular formula is C15H18N2O. The smallest absolute Gasteiger partial charge is 0.213 e. The lowest BCUT2D eigenvalue weighted by atomic mass is 10.2. The number of aromatic nitrogens is 1. The number of rotatable bonds is 6. The van der Waals surface area contributed by atoms with Gasteiger partial charge in [-0.15, -0.1) is 0 Å². The third-order valence-electron chi connectivity index (χ3n) is 2.61. The van der Waals surface area contributed by atoms with Crippen molar-refractivity contribution in [1.82, 2.24) is 10.3 Å². The van der Waals surface area contributed by atoms with Crippen molar-refractivity contribution in [3.05, 3.63) is 59.8 Å². The summed E-state index contributed by atoms with van der Waals surface area (Å²) in [6.45, 7) is 4.46. The molecule has 0 bridgehead atoms. The number of nitrogens with one attached hydrogen (secondary N) is 1. The highest BCUT2D eigenvalue weighted by atomic mass is 16.5. The molecule has 3 nitrogen and oxygen atoms in total. The Morgan fingerprint density at radius 2 is 1.89 bits per heavy atom. The molecule has 0 aliphatic rings. The van der Waals surface area contributed by atoms with Crippen LogP contribution in [0.1, 0.15) is 18.1 Å². The summed E-state index contributed by atoms with van der Waals surface area (Å²) in [7, 11) is 0. The minimum atomic E-state index is 0.556. The number of ether oxygens (including phenoxy) is 1. The summed E-state index contributed by atoms with van der Waals surface area (Å²) >= 11 is 0. The lowest BCUT2D eigenvalue weighted by Crippen LogP contribution is -2.11. The van der Waals surface area contributed by atoms with Crippen LogP contribution in [0, 0.1) is 0 Å². The van der Waals surface area contributed by atoms with Gasteiger partial charge in [-0.3, -0.25) is 0 Å². The van der Waals surface area contributed by atoms with Gasteiger partial charge in [0.1, 0.15) is 6.61 Å². The van der Waals surface area contributed by atoms with Crippen LogP contribution >= 0.6 is 0 Å². The molecule has 1 heterocycles. The molecule has 2 aromatic rings. The maximum absolute atomic E-state index is 5.62.